The van der Waals surface area contributed by atoms with Gasteiger partial charge in [-0.25, -0.2) is 12.7 Å². The summed E-state index contributed by atoms with van der Waals surface area (Å²) in [7, 11) is -3.21. The van der Waals surface area contributed by atoms with Gasteiger partial charge in [-0.2, -0.15) is 0 Å². The van der Waals surface area contributed by atoms with E-state index >= 15 is 0 Å². The summed E-state index contributed by atoms with van der Waals surface area (Å²) in [6.45, 7) is 7.04. The quantitative estimate of drug-likeness (QED) is 0.718. The largest absolute Gasteiger partial charge is 0.348 e. The molecule has 0 bridgehead atoms. The molecule has 0 aromatic heterocycles. The summed E-state index contributed by atoms with van der Waals surface area (Å²) in [4.78, 5) is 13.4. The van der Waals surface area contributed by atoms with Gasteiger partial charge in [0.1, 0.15) is 0 Å². The first-order chi connectivity index (χ1) is 15.3. The molecular weight excluding hydrogens is 420 g/mol. The molecule has 2 aromatic rings. The predicted octanol–water partition coefficient (Wildman–Crippen LogP) is 3.99. The van der Waals surface area contributed by atoms with Crippen LogP contribution in [0.2, 0.25) is 0 Å². The average molecular weight is 455 g/mol. The number of sulfonamides is 1. The van der Waals surface area contributed by atoms with Gasteiger partial charge in [0.2, 0.25) is 10.0 Å². The van der Waals surface area contributed by atoms with Crippen molar-refractivity contribution in [3.05, 3.63) is 70.3 Å². The second-order valence-electron chi connectivity index (χ2n) is 9.27. The van der Waals surface area contributed by atoms with Gasteiger partial charge in [0.25, 0.3) is 5.91 Å². The molecule has 1 atom stereocenters. The summed E-state index contributed by atoms with van der Waals surface area (Å²) in [6.07, 6.45) is 3.68. The van der Waals surface area contributed by atoms with Crippen molar-refractivity contribution in [1.29, 1.82) is 0 Å². The highest BCUT2D eigenvalue weighted by atomic mass is 32.2. The molecule has 2 aliphatic rings. The molecule has 32 heavy (non-hydrogen) atoms. The number of carbonyl (C=O) groups is 1. The number of benzene rings is 2. The molecule has 5 nitrogen and oxygen atoms in total. The Bertz CT molecular complexity index is 1100. The number of fused-ring (bicyclic) bond motifs is 2. The number of aryl methyl sites for hydroxylation is 2. The molecule has 1 aliphatic carbocycles. The smallest absolute Gasteiger partial charge is 0.251 e. The minimum absolute atomic E-state index is 0.0277. The number of rotatable bonds is 6. The molecule has 1 saturated heterocycles. The van der Waals surface area contributed by atoms with E-state index in [-0.39, 0.29) is 23.1 Å². The number of carbonyl (C=O) groups excluding carboxylic acids is 1. The molecule has 1 aliphatic heterocycles. The Kier molecular flexibility index (Phi) is 6.46. The Morgan fingerprint density at radius 3 is 2.53 bits per heavy atom. The van der Waals surface area contributed by atoms with Crippen LogP contribution in [0.5, 0.6) is 0 Å². The van der Waals surface area contributed by atoms with E-state index in [1.54, 1.807) is 4.31 Å². The average Bonchev–Trinajstić information content (AvgIpc) is 3.06. The van der Waals surface area contributed by atoms with Crippen LogP contribution in [0.4, 0.5) is 0 Å². The molecule has 6 heteroatoms. The molecule has 1 N–H and O–H groups in total. The fourth-order valence-electron chi connectivity index (χ4n) is 5.62. The van der Waals surface area contributed by atoms with Crippen molar-refractivity contribution >= 4 is 15.9 Å². The number of hydrogen-bond donors (Lipinski definition) is 1. The molecule has 0 radical (unpaired) electrons. The van der Waals surface area contributed by atoms with Crippen molar-refractivity contribution < 1.29 is 13.2 Å². The van der Waals surface area contributed by atoms with E-state index < -0.39 is 10.0 Å². The van der Waals surface area contributed by atoms with E-state index in [0.29, 0.717) is 19.5 Å². The van der Waals surface area contributed by atoms with Gasteiger partial charge >= 0.3 is 0 Å². The van der Waals surface area contributed by atoms with Crippen LogP contribution in [-0.2, 0) is 28.3 Å². The highest BCUT2D eigenvalue weighted by molar-refractivity contribution is 7.89. The van der Waals surface area contributed by atoms with E-state index in [4.69, 9.17) is 0 Å². The fourth-order valence-corrected chi connectivity index (χ4v) is 7.13. The lowest BCUT2D eigenvalue weighted by Crippen LogP contribution is -2.54. The van der Waals surface area contributed by atoms with Crippen molar-refractivity contribution in [3.63, 3.8) is 0 Å². The number of nitrogens with one attached hydrogen (secondary N) is 1. The van der Waals surface area contributed by atoms with Gasteiger partial charge in [0, 0.05) is 30.1 Å². The summed E-state index contributed by atoms with van der Waals surface area (Å²) in [5.74, 6) is 0.171. The van der Waals surface area contributed by atoms with Crippen LogP contribution in [0.3, 0.4) is 0 Å². The van der Waals surface area contributed by atoms with E-state index in [1.165, 1.54) is 11.1 Å². The van der Waals surface area contributed by atoms with Gasteiger partial charge < -0.3 is 5.32 Å². The second-order valence-corrected chi connectivity index (χ2v) is 11.4. The Morgan fingerprint density at radius 1 is 1.12 bits per heavy atom. The van der Waals surface area contributed by atoms with Crippen LogP contribution in [0, 0.1) is 6.92 Å². The van der Waals surface area contributed by atoms with Gasteiger partial charge in [0.15, 0.2) is 0 Å². The minimum Gasteiger partial charge on any atom is -0.348 e. The molecule has 1 spiro atoms. The van der Waals surface area contributed by atoms with Crippen molar-refractivity contribution in [3.8, 4) is 0 Å². The summed E-state index contributed by atoms with van der Waals surface area (Å²) in [5, 5.41) is 3.37. The maximum Gasteiger partial charge on any atom is 0.251 e. The van der Waals surface area contributed by atoms with Crippen LogP contribution in [-0.4, -0.2) is 43.5 Å². The van der Waals surface area contributed by atoms with Gasteiger partial charge in [-0.15, -0.1) is 0 Å². The molecule has 1 amide bonds. The van der Waals surface area contributed by atoms with Crippen LogP contribution < -0.4 is 5.32 Å². The molecule has 1 fully saturated rings. The number of amides is 1. The second kappa shape index (κ2) is 8.99. The van der Waals surface area contributed by atoms with Crippen molar-refractivity contribution in [2.45, 2.75) is 64.3 Å². The lowest BCUT2D eigenvalue weighted by Gasteiger charge is -2.43. The van der Waals surface area contributed by atoms with Crippen LogP contribution >= 0.6 is 0 Å². The van der Waals surface area contributed by atoms with E-state index in [9.17, 15) is 13.2 Å². The highest BCUT2D eigenvalue weighted by Gasteiger charge is 2.50. The predicted molar refractivity (Wildman–Crippen MR) is 129 cm³/mol. The Labute approximate surface area is 192 Å². The molecule has 4 rings (SSSR count). The normalized spacial score (nSPS) is 20.3. The van der Waals surface area contributed by atoms with Crippen LogP contribution in [0.25, 0.3) is 0 Å². The third kappa shape index (κ3) is 4.11. The molecule has 1 unspecified atom stereocenters. The Hall–Kier alpha value is -2.18. The third-order valence-corrected chi connectivity index (χ3v) is 9.38. The van der Waals surface area contributed by atoms with Crippen molar-refractivity contribution in [2.75, 3.05) is 18.8 Å². The summed E-state index contributed by atoms with van der Waals surface area (Å²) in [6, 6.07) is 14.4. The summed E-state index contributed by atoms with van der Waals surface area (Å²) >= 11 is 0. The summed E-state index contributed by atoms with van der Waals surface area (Å²) in [5.41, 5.74) is 5.28. The topological polar surface area (TPSA) is 66.5 Å². The number of nitrogens with zero attached hydrogens (tertiary/aromatic N) is 1. The molecule has 0 saturated carbocycles. The monoisotopic (exact) mass is 454 g/mol. The zero-order valence-corrected chi connectivity index (χ0v) is 20.2. The first-order valence-corrected chi connectivity index (χ1v) is 13.4. The lowest BCUT2D eigenvalue weighted by molar-refractivity contribution is 0.0896. The van der Waals surface area contributed by atoms with Gasteiger partial charge in [-0.05, 0) is 61.8 Å². The number of hydrogen-bond acceptors (Lipinski definition) is 3. The van der Waals surface area contributed by atoms with Gasteiger partial charge in [-0.1, -0.05) is 55.8 Å². The fraction of sp³-hybridized carbons (Fsp3) is 0.500. The summed E-state index contributed by atoms with van der Waals surface area (Å²) < 4.78 is 26.9. The lowest BCUT2D eigenvalue weighted by atomic mass is 9.71. The Morgan fingerprint density at radius 2 is 1.84 bits per heavy atom. The first-order valence-electron chi connectivity index (χ1n) is 11.8. The van der Waals surface area contributed by atoms with Crippen LogP contribution in [0.15, 0.2) is 42.5 Å². The van der Waals surface area contributed by atoms with Gasteiger partial charge in [-0.3, -0.25) is 4.79 Å². The Balaban J connectivity index is 1.61. The molecule has 1 heterocycles. The molecule has 172 valence electrons. The minimum atomic E-state index is -3.21. The highest BCUT2D eigenvalue weighted by Crippen LogP contribution is 2.47. The number of piperidine rings is 1. The maximum atomic E-state index is 13.4. The van der Waals surface area contributed by atoms with E-state index in [2.05, 4.69) is 36.5 Å². The molecule has 2 aromatic carbocycles. The van der Waals surface area contributed by atoms with Crippen LogP contribution in [0.1, 0.15) is 65.7 Å². The third-order valence-electron chi connectivity index (χ3n) is 7.31. The SMILES string of the molecule is CCCS(=O)(=O)N1CCC2(CC1)c1ccccc1CC2NC(=O)c1ccc(C)cc1CC. The standard InChI is InChI=1S/C26H34N2O3S/c1-4-16-32(30,31)28-14-12-26(13-15-28)23-9-7-6-8-21(23)18-24(26)27-25(29)22-11-10-19(3)17-20(22)5-2/h6-11,17,24H,4-5,12-16,18H2,1-3H3,(H,27,29). The van der Waals surface area contributed by atoms with E-state index in [0.717, 1.165) is 42.4 Å². The van der Waals surface area contributed by atoms with E-state index in [1.807, 2.05) is 32.0 Å². The first kappa shape index (κ1) is 23.0. The zero-order valence-electron chi connectivity index (χ0n) is 19.4. The maximum absolute atomic E-state index is 13.4. The molecular formula is C26H34N2O3S. The van der Waals surface area contributed by atoms with Crippen molar-refractivity contribution in [1.82, 2.24) is 9.62 Å². The zero-order chi connectivity index (χ0) is 22.9. The van der Waals surface area contributed by atoms with Gasteiger partial charge in [0.05, 0.1) is 5.75 Å². The van der Waals surface area contributed by atoms with Crippen molar-refractivity contribution in [2.24, 2.45) is 0 Å².